The number of hydrogen-bond acceptors (Lipinski definition) is 5. The first kappa shape index (κ1) is 17.8. The van der Waals surface area contributed by atoms with Crippen LogP contribution in [-0.2, 0) is 4.79 Å². The van der Waals surface area contributed by atoms with E-state index in [-0.39, 0.29) is 6.54 Å². The summed E-state index contributed by atoms with van der Waals surface area (Å²) in [6.45, 7) is 0.708. The molecule has 26 heavy (non-hydrogen) atoms. The molecule has 0 aliphatic carbocycles. The van der Waals surface area contributed by atoms with Crippen LogP contribution in [0.2, 0.25) is 5.02 Å². The second-order valence-electron chi connectivity index (χ2n) is 5.39. The smallest absolute Gasteiger partial charge is 0.259 e. The predicted molar refractivity (Wildman–Crippen MR) is 97.0 cm³/mol. The lowest BCUT2D eigenvalue weighted by atomic mass is 10.2. The van der Waals surface area contributed by atoms with Crippen LogP contribution in [0.5, 0.6) is 11.5 Å². The number of ether oxygens (including phenoxy) is 2. The number of benzene rings is 2. The molecule has 134 valence electrons. The van der Waals surface area contributed by atoms with Gasteiger partial charge >= 0.3 is 0 Å². The number of rotatable bonds is 5. The maximum atomic E-state index is 12.1. The van der Waals surface area contributed by atoms with Crippen LogP contribution in [0.1, 0.15) is 15.9 Å². The van der Waals surface area contributed by atoms with Gasteiger partial charge in [-0.2, -0.15) is 5.10 Å². The standard InChI is InChI=1S/C18H16ClN3O4/c19-14-3-1-2-12(8-14)10-21-22-17(23)11-20-18(24)13-4-5-15-16(9-13)26-7-6-25-15/h1-5,8-10H,6-7,11H2,(H,20,24)(H,22,23). The van der Waals surface area contributed by atoms with Gasteiger partial charge in [0, 0.05) is 10.6 Å². The highest BCUT2D eigenvalue weighted by Crippen LogP contribution is 2.30. The minimum atomic E-state index is -0.450. The van der Waals surface area contributed by atoms with E-state index < -0.39 is 11.8 Å². The lowest BCUT2D eigenvalue weighted by Gasteiger charge is -2.18. The molecule has 7 nitrogen and oxygen atoms in total. The number of fused-ring (bicyclic) bond motifs is 1. The number of carbonyl (C=O) groups excluding carboxylic acids is 2. The topological polar surface area (TPSA) is 89.0 Å². The Hall–Kier alpha value is -3.06. The molecule has 0 spiro atoms. The summed E-state index contributed by atoms with van der Waals surface area (Å²) >= 11 is 5.86. The molecule has 2 aromatic rings. The number of halogens is 1. The average molecular weight is 374 g/mol. The Labute approximate surface area is 154 Å². The number of hydrogen-bond donors (Lipinski definition) is 2. The Bertz CT molecular complexity index is 854. The molecule has 0 bridgehead atoms. The van der Waals surface area contributed by atoms with Gasteiger partial charge in [-0.1, -0.05) is 23.7 Å². The number of hydrazone groups is 1. The molecule has 0 unspecified atom stereocenters. The lowest BCUT2D eigenvalue weighted by molar-refractivity contribution is -0.120. The van der Waals surface area contributed by atoms with Gasteiger partial charge in [-0.15, -0.1) is 0 Å². The molecule has 8 heteroatoms. The largest absolute Gasteiger partial charge is 0.486 e. The van der Waals surface area contributed by atoms with Gasteiger partial charge in [0.25, 0.3) is 11.8 Å². The van der Waals surface area contributed by atoms with Crippen molar-refractivity contribution in [2.75, 3.05) is 19.8 Å². The second kappa shape index (κ2) is 8.35. The summed E-state index contributed by atoms with van der Waals surface area (Å²) in [5, 5.41) is 6.92. The summed E-state index contributed by atoms with van der Waals surface area (Å²) in [4.78, 5) is 23.9. The Kier molecular flexibility index (Phi) is 5.70. The van der Waals surface area contributed by atoms with Crippen LogP contribution in [-0.4, -0.2) is 37.8 Å². The first-order valence-corrected chi connectivity index (χ1v) is 8.25. The third-order valence-electron chi connectivity index (χ3n) is 3.47. The van der Waals surface area contributed by atoms with Gasteiger partial charge in [-0.05, 0) is 35.9 Å². The molecular weight excluding hydrogens is 358 g/mol. The van der Waals surface area contributed by atoms with Crippen LogP contribution in [0.15, 0.2) is 47.6 Å². The van der Waals surface area contributed by atoms with Crippen LogP contribution < -0.4 is 20.2 Å². The van der Waals surface area contributed by atoms with Gasteiger partial charge in [-0.25, -0.2) is 5.43 Å². The van der Waals surface area contributed by atoms with Gasteiger partial charge in [0.15, 0.2) is 11.5 Å². The number of nitrogens with one attached hydrogen (secondary N) is 2. The SMILES string of the molecule is O=C(CNC(=O)c1ccc2c(c1)OCCO2)NN=Cc1cccc(Cl)c1. The maximum Gasteiger partial charge on any atom is 0.259 e. The van der Waals surface area contributed by atoms with Crippen molar-refractivity contribution in [3.63, 3.8) is 0 Å². The highest BCUT2D eigenvalue weighted by Gasteiger charge is 2.15. The molecular formula is C18H16ClN3O4. The molecule has 2 amide bonds. The fraction of sp³-hybridized carbons (Fsp3) is 0.167. The van der Waals surface area contributed by atoms with E-state index in [9.17, 15) is 9.59 Å². The molecule has 1 heterocycles. The molecule has 0 radical (unpaired) electrons. The van der Waals surface area contributed by atoms with Crippen molar-refractivity contribution >= 4 is 29.6 Å². The summed E-state index contributed by atoms with van der Waals surface area (Å²) < 4.78 is 10.8. The molecule has 0 saturated heterocycles. The zero-order valence-corrected chi connectivity index (χ0v) is 14.5. The maximum absolute atomic E-state index is 12.1. The van der Waals surface area contributed by atoms with Crippen LogP contribution >= 0.6 is 11.6 Å². The Morgan fingerprint density at radius 2 is 1.92 bits per heavy atom. The Morgan fingerprint density at radius 3 is 2.73 bits per heavy atom. The summed E-state index contributed by atoms with van der Waals surface area (Å²) in [5.74, 6) is 0.269. The fourth-order valence-electron chi connectivity index (χ4n) is 2.25. The van der Waals surface area contributed by atoms with Crippen LogP contribution in [0.3, 0.4) is 0 Å². The number of nitrogens with zero attached hydrogens (tertiary/aromatic N) is 1. The van der Waals surface area contributed by atoms with E-state index in [1.165, 1.54) is 6.21 Å². The highest BCUT2D eigenvalue weighted by atomic mass is 35.5. The molecule has 0 saturated carbocycles. The van der Waals surface area contributed by atoms with Gasteiger partial charge in [-0.3, -0.25) is 9.59 Å². The van der Waals surface area contributed by atoms with E-state index in [2.05, 4.69) is 15.8 Å². The van der Waals surface area contributed by atoms with Crippen LogP contribution in [0.4, 0.5) is 0 Å². The normalized spacial score (nSPS) is 12.7. The summed E-state index contributed by atoms with van der Waals surface area (Å²) in [5.41, 5.74) is 3.46. The summed E-state index contributed by atoms with van der Waals surface area (Å²) in [7, 11) is 0. The second-order valence-corrected chi connectivity index (χ2v) is 5.83. The molecule has 2 N–H and O–H groups in total. The third kappa shape index (κ3) is 4.73. The summed E-state index contributed by atoms with van der Waals surface area (Å²) in [6, 6.07) is 11.9. The van der Waals surface area contributed by atoms with Gasteiger partial charge in [0.1, 0.15) is 13.2 Å². The van der Waals surface area contributed by atoms with Crippen molar-refractivity contribution in [2.24, 2.45) is 5.10 Å². The van der Waals surface area contributed by atoms with Crippen molar-refractivity contribution < 1.29 is 19.1 Å². The zero-order valence-electron chi connectivity index (χ0n) is 13.7. The zero-order chi connectivity index (χ0) is 18.4. The monoisotopic (exact) mass is 373 g/mol. The van der Waals surface area contributed by atoms with Crippen LogP contribution in [0, 0.1) is 0 Å². The van der Waals surface area contributed by atoms with E-state index in [0.29, 0.717) is 35.3 Å². The minimum Gasteiger partial charge on any atom is -0.486 e. The van der Waals surface area contributed by atoms with Crippen molar-refractivity contribution in [1.82, 2.24) is 10.7 Å². The quantitative estimate of drug-likeness (QED) is 0.619. The summed E-state index contributed by atoms with van der Waals surface area (Å²) in [6.07, 6.45) is 1.46. The first-order chi connectivity index (χ1) is 12.6. The number of carbonyl (C=O) groups is 2. The van der Waals surface area contributed by atoms with Crippen LogP contribution in [0.25, 0.3) is 0 Å². The highest BCUT2D eigenvalue weighted by molar-refractivity contribution is 6.30. The number of amides is 2. The Morgan fingerprint density at radius 1 is 1.12 bits per heavy atom. The molecule has 2 aromatic carbocycles. The molecule has 1 aliphatic heterocycles. The van der Waals surface area contributed by atoms with E-state index in [1.807, 2.05) is 0 Å². The molecule has 1 aliphatic rings. The molecule has 0 atom stereocenters. The fourth-order valence-corrected chi connectivity index (χ4v) is 2.45. The van der Waals surface area contributed by atoms with Gasteiger partial charge in [0.2, 0.25) is 0 Å². The van der Waals surface area contributed by atoms with Crippen molar-refractivity contribution in [3.05, 3.63) is 58.6 Å². The molecule has 3 rings (SSSR count). The van der Waals surface area contributed by atoms with E-state index in [0.717, 1.165) is 5.56 Å². The molecule has 0 fully saturated rings. The predicted octanol–water partition coefficient (Wildman–Crippen LogP) is 1.99. The van der Waals surface area contributed by atoms with Crippen molar-refractivity contribution in [2.45, 2.75) is 0 Å². The van der Waals surface area contributed by atoms with Crippen molar-refractivity contribution in [3.8, 4) is 11.5 Å². The first-order valence-electron chi connectivity index (χ1n) is 7.87. The van der Waals surface area contributed by atoms with Gasteiger partial charge in [0.05, 0.1) is 12.8 Å². The third-order valence-corrected chi connectivity index (χ3v) is 3.70. The lowest BCUT2D eigenvalue weighted by Crippen LogP contribution is -2.35. The van der Waals surface area contributed by atoms with Crippen molar-refractivity contribution in [1.29, 1.82) is 0 Å². The van der Waals surface area contributed by atoms with E-state index in [4.69, 9.17) is 21.1 Å². The van der Waals surface area contributed by atoms with E-state index >= 15 is 0 Å². The average Bonchev–Trinajstić information content (AvgIpc) is 2.66. The minimum absolute atomic E-state index is 0.208. The van der Waals surface area contributed by atoms with Gasteiger partial charge < -0.3 is 14.8 Å². The van der Waals surface area contributed by atoms with E-state index in [1.54, 1.807) is 42.5 Å². The Balaban J connectivity index is 1.49. The molecule has 0 aromatic heterocycles.